The Morgan fingerprint density at radius 1 is 1.10 bits per heavy atom. The van der Waals surface area contributed by atoms with Crippen molar-refractivity contribution in [3.05, 3.63) is 0 Å². The maximum Gasteiger partial charge on any atom is 0.322 e. The zero-order valence-electron chi connectivity index (χ0n) is 11.5. The Kier molecular flexibility index (Phi) is 7.21. The van der Waals surface area contributed by atoms with Gasteiger partial charge in [0, 0.05) is 11.3 Å². The second kappa shape index (κ2) is 8.68. The van der Waals surface area contributed by atoms with E-state index in [1.54, 1.807) is 0 Å². The molecule has 1 fully saturated rings. The molecule has 0 spiro atoms. The SMILES string of the molecule is CSC1CCC(NC(=O)NCC(=O)NCC(=O)O)CC1. The highest BCUT2D eigenvalue weighted by Crippen LogP contribution is 2.26. The first kappa shape index (κ1) is 16.6. The topological polar surface area (TPSA) is 108 Å². The van der Waals surface area contributed by atoms with Crippen LogP contribution in [0.3, 0.4) is 0 Å². The lowest BCUT2D eigenvalue weighted by Crippen LogP contribution is -2.47. The summed E-state index contributed by atoms with van der Waals surface area (Å²) in [5.74, 6) is -1.64. The summed E-state index contributed by atoms with van der Waals surface area (Å²) in [5.41, 5.74) is 0. The molecule has 20 heavy (non-hydrogen) atoms. The third-order valence-corrected chi connectivity index (χ3v) is 4.33. The fraction of sp³-hybridized carbons (Fsp3) is 0.750. The van der Waals surface area contributed by atoms with Crippen molar-refractivity contribution in [3.63, 3.8) is 0 Å². The van der Waals surface area contributed by atoms with E-state index in [4.69, 9.17) is 5.11 Å². The molecule has 0 radical (unpaired) electrons. The van der Waals surface area contributed by atoms with Crippen molar-refractivity contribution in [2.75, 3.05) is 19.3 Å². The van der Waals surface area contributed by atoms with Gasteiger partial charge < -0.3 is 21.1 Å². The quantitative estimate of drug-likeness (QED) is 0.559. The molecule has 7 nitrogen and oxygen atoms in total. The zero-order chi connectivity index (χ0) is 15.0. The summed E-state index contributed by atoms with van der Waals surface area (Å²) in [6, 6.07) is -0.233. The number of carbonyl (C=O) groups excluding carboxylic acids is 2. The fourth-order valence-electron chi connectivity index (χ4n) is 2.08. The van der Waals surface area contributed by atoms with Crippen LogP contribution in [0.15, 0.2) is 0 Å². The number of hydrogen-bond acceptors (Lipinski definition) is 4. The van der Waals surface area contributed by atoms with Crippen LogP contribution in [-0.4, -0.2) is 53.7 Å². The number of hydrogen-bond donors (Lipinski definition) is 4. The smallest absolute Gasteiger partial charge is 0.322 e. The number of urea groups is 1. The molecule has 0 aliphatic heterocycles. The first-order valence-corrected chi connectivity index (χ1v) is 7.85. The van der Waals surface area contributed by atoms with Gasteiger partial charge in [-0.05, 0) is 31.9 Å². The minimum atomic E-state index is -1.12. The molecule has 0 aromatic rings. The predicted molar refractivity (Wildman–Crippen MR) is 76.7 cm³/mol. The van der Waals surface area contributed by atoms with Crippen LogP contribution in [0.25, 0.3) is 0 Å². The monoisotopic (exact) mass is 303 g/mol. The summed E-state index contributed by atoms with van der Waals surface area (Å²) in [6.45, 7) is -0.667. The van der Waals surface area contributed by atoms with Crippen molar-refractivity contribution in [2.24, 2.45) is 0 Å². The Balaban J connectivity index is 2.14. The standard InChI is InChI=1S/C12H21N3O4S/c1-20-9-4-2-8(3-5-9)15-12(19)14-6-10(16)13-7-11(17)18/h8-9H,2-7H2,1H3,(H,13,16)(H,17,18)(H2,14,15,19). The third-order valence-electron chi connectivity index (χ3n) is 3.19. The third kappa shape index (κ3) is 6.65. The lowest BCUT2D eigenvalue weighted by atomic mass is 9.95. The van der Waals surface area contributed by atoms with Crippen LogP contribution in [0.5, 0.6) is 0 Å². The van der Waals surface area contributed by atoms with Gasteiger partial charge in [-0.25, -0.2) is 4.79 Å². The molecule has 0 saturated heterocycles. The Morgan fingerprint density at radius 3 is 2.30 bits per heavy atom. The Labute approximate surface area is 122 Å². The van der Waals surface area contributed by atoms with Gasteiger partial charge in [-0.1, -0.05) is 0 Å². The highest BCUT2D eigenvalue weighted by molar-refractivity contribution is 7.99. The zero-order valence-corrected chi connectivity index (χ0v) is 12.3. The fourth-order valence-corrected chi connectivity index (χ4v) is 2.82. The van der Waals surface area contributed by atoms with Crippen molar-refractivity contribution >= 4 is 29.7 Å². The minimum Gasteiger partial charge on any atom is -0.480 e. The summed E-state index contributed by atoms with van der Waals surface area (Å²) in [7, 11) is 0. The van der Waals surface area contributed by atoms with E-state index in [2.05, 4.69) is 22.2 Å². The normalized spacial score (nSPS) is 21.9. The summed E-state index contributed by atoms with van der Waals surface area (Å²) in [6.07, 6.45) is 6.17. The van der Waals surface area contributed by atoms with Crippen LogP contribution < -0.4 is 16.0 Å². The largest absolute Gasteiger partial charge is 0.480 e. The molecule has 1 aliphatic carbocycles. The highest BCUT2D eigenvalue weighted by atomic mass is 32.2. The van der Waals surface area contributed by atoms with Crippen molar-refractivity contribution in [2.45, 2.75) is 37.0 Å². The predicted octanol–water partition coefficient (Wildman–Crippen LogP) is 0.161. The Morgan fingerprint density at radius 2 is 1.75 bits per heavy atom. The molecule has 1 rings (SSSR count). The van der Waals surface area contributed by atoms with Gasteiger partial charge in [0.15, 0.2) is 0 Å². The number of aliphatic carboxylic acids is 1. The van der Waals surface area contributed by atoms with E-state index in [1.807, 2.05) is 11.8 Å². The van der Waals surface area contributed by atoms with Crippen molar-refractivity contribution in [1.82, 2.24) is 16.0 Å². The number of rotatable bonds is 6. The molecule has 0 unspecified atom stereocenters. The number of thioether (sulfide) groups is 1. The molecule has 0 aromatic heterocycles. The maximum absolute atomic E-state index is 11.6. The van der Waals surface area contributed by atoms with Crippen molar-refractivity contribution in [3.8, 4) is 0 Å². The van der Waals surface area contributed by atoms with Crippen LogP contribution in [0.1, 0.15) is 25.7 Å². The average molecular weight is 303 g/mol. The van der Waals surface area contributed by atoms with E-state index >= 15 is 0 Å². The van der Waals surface area contributed by atoms with Gasteiger partial charge in [-0.15, -0.1) is 0 Å². The number of nitrogens with one attached hydrogen (secondary N) is 3. The lowest BCUT2D eigenvalue weighted by molar-refractivity contribution is -0.137. The van der Waals surface area contributed by atoms with Crippen LogP contribution in [-0.2, 0) is 9.59 Å². The van der Waals surface area contributed by atoms with Gasteiger partial charge in [-0.2, -0.15) is 11.8 Å². The van der Waals surface area contributed by atoms with Gasteiger partial charge in [-0.3, -0.25) is 9.59 Å². The van der Waals surface area contributed by atoms with Gasteiger partial charge in [0.05, 0.1) is 6.54 Å². The Bertz CT molecular complexity index is 357. The summed E-state index contributed by atoms with van der Waals surface area (Å²) in [5, 5.41) is 16.5. The lowest BCUT2D eigenvalue weighted by Gasteiger charge is -2.27. The van der Waals surface area contributed by atoms with Gasteiger partial charge in [0.1, 0.15) is 6.54 Å². The average Bonchev–Trinajstić information content (AvgIpc) is 2.43. The van der Waals surface area contributed by atoms with Gasteiger partial charge in [0.2, 0.25) is 5.91 Å². The van der Waals surface area contributed by atoms with Crippen LogP contribution in [0.2, 0.25) is 0 Å². The maximum atomic E-state index is 11.6. The van der Waals surface area contributed by atoms with Crippen molar-refractivity contribution in [1.29, 1.82) is 0 Å². The molecular formula is C12H21N3O4S. The first-order chi connectivity index (χ1) is 9.51. The second-order valence-electron chi connectivity index (χ2n) is 4.71. The van der Waals surface area contributed by atoms with E-state index < -0.39 is 18.4 Å². The molecule has 1 saturated carbocycles. The molecule has 8 heteroatoms. The van der Waals surface area contributed by atoms with Crippen LogP contribution in [0.4, 0.5) is 4.79 Å². The van der Waals surface area contributed by atoms with E-state index in [-0.39, 0.29) is 18.6 Å². The van der Waals surface area contributed by atoms with E-state index in [0.717, 1.165) is 25.7 Å². The molecular weight excluding hydrogens is 282 g/mol. The number of carboxylic acid groups (broad SMARTS) is 1. The number of amides is 3. The Hall–Kier alpha value is -1.44. The molecule has 0 heterocycles. The molecule has 114 valence electrons. The van der Waals surface area contributed by atoms with Gasteiger partial charge >= 0.3 is 12.0 Å². The number of carbonyl (C=O) groups is 3. The minimum absolute atomic E-state index is 0.153. The second-order valence-corrected chi connectivity index (χ2v) is 5.84. The highest BCUT2D eigenvalue weighted by Gasteiger charge is 2.21. The molecule has 1 aliphatic rings. The van der Waals surface area contributed by atoms with Crippen molar-refractivity contribution < 1.29 is 19.5 Å². The summed E-state index contributed by atoms with van der Waals surface area (Å²) in [4.78, 5) is 33.0. The summed E-state index contributed by atoms with van der Waals surface area (Å²) < 4.78 is 0. The van der Waals surface area contributed by atoms with E-state index in [9.17, 15) is 14.4 Å². The first-order valence-electron chi connectivity index (χ1n) is 6.57. The molecule has 0 aromatic carbocycles. The van der Waals surface area contributed by atoms with Crippen LogP contribution >= 0.6 is 11.8 Å². The molecule has 0 atom stereocenters. The van der Waals surface area contributed by atoms with E-state index in [0.29, 0.717) is 5.25 Å². The van der Waals surface area contributed by atoms with Crippen LogP contribution in [0, 0.1) is 0 Å². The molecule has 0 bridgehead atoms. The summed E-state index contributed by atoms with van der Waals surface area (Å²) >= 11 is 1.86. The van der Waals surface area contributed by atoms with E-state index in [1.165, 1.54) is 0 Å². The molecule has 4 N–H and O–H groups in total. The number of carboxylic acids is 1. The van der Waals surface area contributed by atoms with Gasteiger partial charge in [0.25, 0.3) is 0 Å². The molecule has 3 amide bonds.